The maximum atomic E-state index is 6.12. The Morgan fingerprint density at radius 2 is 1.84 bits per heavy atom. The molecule has 0 heterocycles. The van der Waals surface area contributed by atoms with Crippen LogP contribution < -0.4 is 10.5 Å². The smallest absolute Gasteiger partial charge is 0.132 e. The van der Waals surface area contributed by atoms with E-state index in [2.05, 4.69) is 26.0 Å². The summed E-state index contributed by atoms with van der Waals surface area (Å²) in [6.45, 7) is 4.22. The molecule has 0 radical (unpaired) electrons. The number of para-hydroxylation sites is 1. The molecule has 2 nitrogen and oxygen atoms in total. The molecule has 2 heteroatoms. The Morgan fingerprint density at radius 3 is 2.58 bits per heavy atom. The highest BCUT2D eigenvalue weighted by Crippen LogP contribution is 2.30. The quantitative estimate of drug-likeness (QED) is 0.856. The van der Waals surface area contributed by atoms with E-state index in [0.29, 0.717) is 0 Å². The number of hydrogen-bond donors (Lipinski definition) is 1. The van der Waals surface area contributed by atoms with E-state index in [4.69, 9.17) is 10.5 Å². The van der Waals surface area contributed by atoms with Crippen molar-refractivity contribution in [3.8, 4) is 11.5 Å². The minimum Gasteiger partial charge on any atom is -0.457 e. The van der Waals surface area contributed by atoms with Crippen molar-refractivity contribution in [2.75, 3.05) is 0 Å². The zero-order chi connectivity index (χ0) is 13.7. The summed E-state index contributed by atoms with van der Waals surface area (Å²) in [5.74, 6) is 1.72. The molecule has 0 aliphatic carbocycles. The molecule has 0 amide bonds. The third-order valence-corrected chi connectivity index (χ3v) is 3.29. The second kappa shape index (κ2) is 6.39. The highest BCUT2D eigenvalue weighted by atomic mass is 16.5. The van der Waals surface area contributed by atoms with Gasteiger partial charge in [0.15, 0.2) is 0 Å². The molecule has 0 saturated heterocycles. The summed E-state index contributed by atoms with van der Waals surface area (Å²) in [7, 11) is 0. The highest BCUT2D eigenvalue weighted by molar-refractivity contribution is 5.40. The number of nitrogens with two attached hydrogens (primary N) is 1. The first kappa shape index (κ1) is 13.6. The van der Waals surface area contributed by atoms with E-state index >= 15 is 0 Å². The van der Waals surface area contributed by atoms with Gasteiger partial charge in [-0.25, -0.2) is 0 Å². The molecule has 0 saturated carbocycles. The number of ether oxygens (including phenoxy) is 1. The molecule has 0 aromatic heterocycles. The van der Waals surface area contributed by atoms with Gasteiger partial charge in [0.25, 0.3) is 0 Å². The van der Waals surface area contributed by atoms with Crippen LogP contribution >= 0.6 is 0 Å². The maximum Gasteiger partial charge on any atom is 0.132 e. The molecule has 19 heavy (non-hydrogen) atoms. The molecule has 2 rings (SSSR count). The molecule has 0 spiro atoms. The van der Waals surface area contributed by atoms with Crippen molar-refractivity contribution in [1.82, 2.24) is 0 Å². The van der Waals surface area contributed by atoms with Gasteiger partial charge in [-0.2, -0.15) is 0 Å². The van der Waals surface area contributed by atoms with Gasteiger partial charge in [-0.3, -0.25) is 0 Å². The Hall–Kier alpha value is -1.80. The molecule has 0 aliphatic rings. The van der Waals surface area contributed by atoms with Crippen LogP contribution in [-0.2, 0) is 6.42 Å². The summed E-state index contributed by atoms with van der Waals surface area (Å²) in [5.41, 5.74) is 8.46. The second-order valence-corrected chi connectivity index (χ2v) is 4.66. The van der Waals surface area contributed by atoms with Gasteiger partial charge in [-0.05, 0) is 36.6 Å². The van der Waals surface area contributed by atoms with Gasteiger partial charge in [0, 0.05) is 11.6 Å². The van der Waals surface area contributed by atoms with Crippen LogP contribution in [0.1, 0.15) is 37.4 Å². The van der Waals surface area contributed by atoms with Crippen molar-refractivity contribution in [1.29, 1.82) is 0 Å². The average molecular weight is 255 g/mol. The van der Waals surface area contributed by atoms with Crippen LogP contribution in [0.25, 0.3) is 0 Å². The van der Waals surface area contributed by atoms with Gasteiger partial charge in [0.2, 0.25) is 0 Å². The molecule has 0 fully saturated rings. The van der Waals surface area contributed by atoms with Gasteiger partial charge >= 0.3 is 0 Å². The van der Waals surface area contributed by atoms with Crippen LogP contribution in [-0.4, -0.2) is 0 Å². The lowest BCUT2D eigenvalue weighted by atomic mass is 10.0. The van der Waals surface area contributed by atoms with E-state index in [9.17, 15) is 0 Å². The van der Waals surface area contributed by atoms with Crippen LogP contribution in [0.3, 0.4) is 0 Å². The molecule has 2 N–H and O–H groups in total. The summed E-state index contributed by atoms with van der Waals surface area (Å²) in [6, 6.07) is 16.2. The van der Waals surface area contributed by atoms with Crippen molar-refractivity contribution >= 4 is 0 Å². The average Bonchev–Trinajstić information content (AvgIpc) is 2.47. The number of benzene rings is 2. The Balaban J connectivity index is 2.27. The normalized spacial score (nSPS) is 12.2. The van der Waals surface area contributed by atoms with Crippen molar-refractivity contribution in [3.63, 3.8) is 0 Å². The van der Waals surface area contributed by atoms with Gasteiger partial charge < -0.3 is 10.5 Å². The Bertz CT molecular complexity index is 536. The predicted octanol–water partition coefficient (Wildman–Crippen LogP) is 4.45. The van der Waals surface area contributed by atoms with Crippen molar-refractivity contribution in [2.45, 2.75) is 32.7 Å². The summed E-state index contributed by atoms with van der Waals surface area (Å²) >= 11 is 0. The fourth-order valence-electron chi connectivity index (χ4n) is 2.06. The summed E-state index contributed by atoms with van der Waals surface area (Å²) < 4.78 is 5.99. The monoisotopic (exact) mass is 255 g/mol. The van der Waals surface area contributed by atoms with Gasteiger partial charge in [-0.1, -0.05) is 44.2 Å². The van der Waals surface area contributed by atoms with Gasteiger partial charge in [0.05, 0.1) is 0 Å². The largest absolute Gasteiger partial charge is 0.457 e. The standard InChI is InChI=1S/C17H21NO/c1-3-13-8-7-9-14(12-13)19-17-11-6-5-10-15(17)16(18)4-2/h5-12,16H,3-4,18H2,1-2H3. The van der Waals surface area contributed by atoms with Crippen LogP contribution in [0.5, 0.6) is 11.5 Å². The zero-order valence-electron chi connectivity index (χ0n) is 11.6. The Labute approximate surface area is 115 Å². The molecule has 1 atom stereocenters. The Morgan fingerprint density at radius 1 is 1.05 bits per heavy atom. The van der Waals surface area contributed by atoms with E-state index in [0.717, 1.165) is 29.9 Å². The molecule has 2 aromatic rings. The van der Waals surface area contributed by atoms with Crippen LogP contribution in [0.15, 0.2) is 48.5 Å². The Kier molecular flexibility index (Phi) is 4.58. The molecule has 100 valence electrons. The van der Waals surface area contributed by atoms with E-state index < -0.39 is 0 Å². The maximum absolute atomic E-state index is 6.12. The SMILES string of the molecule is CCc1cccc(Oc2ccccc2C(N)CC)c1. The number of rotatable bonds is 5. The first-order chi connectivity index (χ1) is 9.24. The van der Waals surface area contributed by atoms with Crippen LogP contribution in [0.2, 0.25) is 0 Å². The lowest BCUT2D eigenvalue weighted by Crippen LogP contribution is -2.09. The second-order valence-electron chi connectivity index (χ2n) is 4.66. The molecule has 0 aliphatic heterocycles. The van der Waals surface area contributed by atoms with Gasteiger partial charge in [-0.15, -0.1) is 0 Å². The van der Waals surface area contributed by atoms with Crippen molar-refractivity contribution in [3.05, 3.63) is 59.7 Å². The predicted molar refractivity (Wildman–Crippen MR) is 79.6 cm³/mol. The minimum atomic E-state index is 0.0190. The number of aryl methyl sites for hydroxylation is 1. The summed E-state index contributed by atoms with van der Waals surface area (Å²) in [5, 5.41) is 0. The summed E-state index contributed by atoms with van der Waals surface area (Å²) in [6.07, 6.45) is 1.91. The third kappa shape index (κ3) is 3.36. The fourth-order valence-corrected chi connectivity index (χ4v) is 2.06. The lowest BCUT2D eigenvalue weighted by molar-refractivity contribution is 0.468. The van der Waals surface area contributed by atoms with E-state index in [1.807, 2.05) is 36.4 Å². The van der Waals surface area contributed by atoms with E-state index in [1.54, 1.807) is 0 Å². The molecule has 0 bridgehead atoms. The summed E-state index contributed by atoms with van der Waals surface area (Å²) in [4.78, 5) is 0. The van der Waals surface area contributed by atoms with E-state index in [1.165, 1.54) is 5.56 Å². The molecular weight excluding hydrogens is 234 g/mol. The lowest BCUT2D eigenvalue weighted by Gasteiger charge is -2.15. The zero-order valence-corrected chi connectivity index (χ0v) is 11.6. The highest BCUT2D eigenvalue weighted by Gasteiger charge is 2.10. The minimum absolute atomic E-state index is 0.0190. The first-order valence-electron chi connectivity index (χ1n) is 6.85. The van der Waals surface area contributed by atoms with E-state index in [-0.39, 0.29) is 6.04 Å². The van der Waals surface area contributed by atoms with Crippen molar-refractivity contribution < 1.29 is 4.74 Å². The fraction of sp³-hybridized carbons (Fsp3) is 0.294. The van der Waals surface area contributed by atoms with Gasteiger partial charge in [0.1, 0.15) is 11.5 Å². The molecular formula is C17H21NO. The number of hydrogen-bond acceptors (Lipinski definition) is 2. The van der Waals surface area contributed by atoms with Crippen molar-refractivity contribution in [2.24, 2.45) is 5.73 Å². The molecule has 1 unspecified atom stereocenters. The topological polar surface area (TPSA) is 35.2 Å². The van der Waals surface area contributed by atoms with Crippen LogP contribution in [0.4, 0.5) is 0 Å². The first-order valence-corrected chi connectivity index (χ1v) is 6.85. The third-order valence-electron chi connectivity index (χ3n) is 3.29. The molecule has 2 aromatic carbocycles. The van der Waals surface area contributed by atoms with Crippen LogP contribution in [0, 0.1) is 0 Å².